The summed E-state index contributed by atoms with van der Waals surface area (Å²) in [4.78, 5) is 0. The first kappa shape index (κ1) is 28.1. The number of hydrogen-bond acceptors (Lipinski definition) is 3. The molecule has 0 aliphatic heterocycles. The molecule has 2 aliphatic rings. The predicted molar refractivity (Wildman–Crippen MR) is 146 cm³/mol. The van der Waals surface area contributed by atoms with Gasteiger partial charge in [-0.1, -0.05) is 89.6 Å². The zero-order valence-corrected chi connectivity index (χ0v) is 24.7. The molecule has 4 rings (SSSR count). The molecule has 0 saturated heterocycles. The van der Waals surface area contributed by atoms with Crippen LogP contribution in [0.1, 0.15) is 82.2 Å². The fourth-order valence-corrected chi connectivity index (χ4v) is 10.4. The Hall–Kier alpha value is -1.90. The second-order valence-corrected chi connectivity index (χ2v) is 18.9. The summed E-state index contributed by atoms with van der Waals surface area (Å²) >= 11 is 0. The molecule has 0 amide bonds. The maximum atomic E-state index is 13.3. The summed E-state index contributed by atoms with van der Waals surface area (Å²) in [7, 11) is -9.13. The quantitative estimate of drug-likeness (QED) is 0.277. The van der Waals surface area contributed by atoms with Crippen LogP contribution in [0.25, 0.3) is 17.2 Å². The van der Waals surface area contributed by atoms with Crippen molar-refractivity contribution >= 4 is 24.5 Å². The van der Waals surface area contributed by atoms with Crippen molar-refractivity contribution in [3.05, 3.63) is 64.2 Å². The third-order valence-electron chi connectivity index (χ3n) is 7.42. The number of hydrogen-bond donors (Lipinski definition) is 0. The van der Waals surface area contributed by atoms with Gasteiger partial charge in [-0.25, -0.2) is 0 Å². The monoisotopic (exact) mass is 550 g/mol. The first-order valence-electron chi connectivity index (χ1n) is 12.7. The Bertz CT molecular complexity index is 1320. The van der Waals surface area contributed by atoms with Crippen LogP contribution < -0.4 is 0 Å². The molecule has 1 unspecified atom stereocenters. The van der Waals surface area contributed by atoms with Gasteiger partial charge in [0.05, 0.1) is 0 Å². The molecular weight excluding hydrogens is 513 g/mol. The van der Waals surface area contributed by atoms with Gasteiger partial charge in [0.1, 0.15) is 0 Å². The first-order chi connectivity index (χ1) is 16.7. The lowest BCUT2D eigenvalue weighted by Gasteiger charge is -2.32. The molecule has 2 aromatic carbocycles. The van der Waals surface area contributed by atoms with Gasteiger partial charge < -0.3 is 3.87 Å². The lowest BCUT2D eigenvalue weighted by Crippen LogP contribution is -2.44. The molecule has 2 aliphatic carbocycles. The molecule has 1 fully saturated rings. The van der Waals surface area contributed by atoms with Crippen LogP contribution in [-0.2, 0) is 24.8 Å². The Balaban J connectivity index is 1.89. The van der Waals surface area contributed by atoms with Gasteiger partial charge in [0.15, 0.2) is 0 Å². The molecule has 1 atom stereocenters. The van der Waals surface area contributed by atoms with Crippen molar-refractivity contribution in [3.8, 4) is 11.1 Å². The van der Waals surface area contributed by atoms with Crippen molar-refractivity contribution in [3.63, 3.8) is 0 Å². The fourth-order valence-electron chi connectivity index (χ4n) is 5.25. The van der Waals surface area contributed by atoms with E-state index in [0.29, 0.717) is 0 Å². The van der Waals surface area contributed by atoms with Crippen molar-refractivity contribution in [2.24, 2.45) is 5.92 Å². The van der Waals surface area contributed by atoms with Crippen LogP contribution in [-0.4, -0.2) is 22.2 Å². The van der Waals surface area contributed by atoms with E-state index in [-0.39, 0.29) is 16.7 Å². The van der Waals surface area contributed by atoms with Gasteiger partial charge in [0.2, 0.25) is 8.32 Å². The summed E-state index contributed by atoms with van der Waals surface area (Å²) in [6.45, 7) is 16.3. The molecule has 0 aromatic heterocycles. The van der Waals surface area contributed by atoms with Gasteiger partial charge in [-0.3, -0.25) is 0 Å². The van der Waals surface area contributed by atoms with Crippen LogP contribution in [0.15, 0.2) is 42.0 Å². The minimum atomic E-state index is -5.70. The van der Waals surface area contributed by atoms with Gasteiger partial charge >= 0.3 is 15.6 Å². The van der Waals surface area contributed by atoms with Gasteiger partial charge in [0.25, 0.3) is 0 Å². The molecule has 0 radical (unpaired) electrons. The third-order valence-corrected chi connectivity index (χ3v) is 12.6. The van der Waals surface area contributed by atoms with E-state index in [9.17, 15) is 21.6 Å². The number of fused-ring (bicyclic) bond motifs is 1. The molecule has 202 valence electrons. The number of halogens is 3. The molecule has 1 saturated carbocycles. The van der Waals surface area contributed by atoms with E-state index in [2.05, 4.69) is 71.9 Å². The van der Waals surface area contributed by atoms with Crippen LogP contribution >= 0.6 is 0 Å². The van der Waals surface area contributed by atoms with Gasteiger partial charge in [0, 0.05) is 5.54 Å². The smallest absolute Gasteiger partial charge is 0.307 e. The standard InChI is InChI=1S/C29H37F3O3SSi/c1-27(2,3)20-14-19(15-21(16-20)28(4,5)6)22-10-9-11-23-25(22)17-24(18-12-13-18)26(23)37(7,8)35-36(33,34)29(30,31)32/h9-11,14-18,26H,12-13H2,1-8H3. The van der Waals surface area contributed by atoms with E-state index < -0.39 is 29.5 Å². The summed E-state index contributed by atoms with van der Waals surface area (Å²) < 4.78 is 68.9. The molecule has 37 heavy (non-hydrogen) atoms. The predicted octanol–water partition coefficient (Wildman–Crippen LogP) is 8.45. The van der Waals surface area contributed by atoms with Crippen LogP contribution in [0.2, 0.25) is 13.1 Å². The first-order valence-corrected chi connectivity index (χ1v) is 17.1. The lowest BCUT2D eigenvalue weighted by atomic mass is 9.78. The number of alkyl halides is 3. The van der Waals surface area contributed by atoms with Crippen molar-refractivity contribution < 1.29 is 25.5 Å². The van der Waals surface area contributed by atoms with Crippen LogP contribution in [0.4, 0.5) is 13.2 Å². The van der Waals surface area contributed by atoms with Crippen molar-refractivity contribution in [2.45, 2.75) is 89.4 Å². The third kappa shape index (κ3) is 5.48. The summed E-state index contributed by atoms with van der Waals surface area (Å²) in [5.74, 6) is 0.250. The van der Waals surface area contributed by atoms with E-state index in [1.807, 2.05) is 12.1 Å². The Morgan fingerprint density at radius 2 is 1.43 bits per heavy atom. The SMILES string of the molecule is CC(C)(C)c1cc(-c2cccc3c2C=C(C2CC2)C3[Si](C)(C)OS(=O)(=O)C(F)(F)F)cc(C(C)(C)C)c1. The highest BCUT2D eigenvalue weighted by Gasteiger charge is 2.54. The Morgan fingerprint density at radius 3 is 1.89 bits per heavy atom. The summed E-state index contributed by atoms with van der Waals surface area (Å²) in [5, 5.41) is 0. The number of rotatable bonds is 5. The largest absolute Gasteiger partial charge is 0.522 e. The lowest BCUT2D eigenvalue weighted by molar-refractivity contribution is -0.0504. The molecule has 0 N–H and O–H groups in total. The average Bonchev–Trinajstić information content (AvgIpc) is 3.49. The molecule has 2 aromatic rings. The zero-order valence-electron chi connectivity index (χ0n) is 22.9. The Morgan fingerprint density at radius 1 is 0.892 bits per heavy atom. The maximum absolute atomic E-state index is 13.3. The number of benzene rings is 2. The van der Waals surface area contributed by atoms with E-state index >= 15 is 0 Å². The highest BCUT2D eigenvalue weighted by atomic mass is 32.2. The zero-order chi connectivity index (χ0) is 27.8. The molecular formula is C29H37F3O3SSi. The fraction of sp³-hybridized carbons (Fsp3) is 0.517. The molecule has 8 heteroatoms. The highest BCUT2D eigenvalue weighted by molar-refractivity contribution is 7.88. The van der Waals surface area contributed by atoms with Crippen LogP contribution in [0.3, 0.4) is 0 Å². The molecule has 0 spiro atoms. The Labute approximate surface area is 220 Å². The van der Waals surface area contributed by atoms with E-state index in [0.717, 1.165) is 40.7 Å². The van der Waals surface area contributed by atoms with Gasteiger partial charge in [-0.15, -0.1) is 0 Å². The summed E-state index contributed by atoms with van der Waals surface area (Å²) in [6.07, 6.45) is 4.01. The average molecular weight is 551 g/mol. The van der Waals surface area contributed by atoms with Gasteiger partial charge in [-0.2, -0.15) is 21.6 Å². The van der Waals surface area contributed by atoms with E-state index in [4.69, 9.17) is 3.87 Å². The van der Waals surface area contributed by atoms with Crippen molar-refractivity contribution in [1.82, 2.24) is 0 Å². The minimum Gasteiger partial charge on any atom is -0.307 e. The van der Waals surface area contributed by atoms with Crippen LogP contribution in [0, 0.1) is 5.92 Å². The molecule has 0 heterocycles. The summed E-state index contributed by atoms with van der Waals surface area (Å²) in [5.41, 5.74) is 1.30. The minimum absolute atomic E-state index is 0.0692. The van der Waals surface area contributed by atoms with Gasteiger partial charge in [-0.05, 0) is 76.1 Å². The second kappa shape index (κ2) is 8.81. The molecule has 0 bridgehead atoms. The number of allylic oxidation sites excluding steroid dienone is 1. The van der Waals surface area contributed by atoms with E-state index in [1.54, 1.807) is 13.1 Å². The topological polar surface area (TPSA) is 43.4 Å². The highest BCUT2D eigenvalue weighted by Crippen LogP contribution is 2.54. The summed E-state index contributed by atoms with van der Waals surface area (Å²) in [6, 6.07) is 12.6. The second-order valence-electron chi connectivity index (χ2n) is 13.0. The maximum Gasteiger partial charge on any atom is 0.522 e. The van der Waals surface area contributed by atoms with Crippen LogP contribution in [0.5, 0.6) is 0 Å². The van der Waals surface area contributed by atoms with E-state index in [1.165, 1.54) is 11.1 Å². The van der Waals surface area contributed by atoms with Crippen molar-refractivity contribution in [2.75, 3.05) is 0 Å². The van der Waals surface area contributed by atoms with Crippen molar-refractivity contribution in [1.29, 1.82) is 0 Å². The normalized spacial score (nSPS) is 19.1. The Kier molecular flexibility index (Phi) is 6.70. The molecule has 3 nitrogen and oxygen atoms in total.